The van der Waals surface area contributed by atoms with E-state index >= 15 is 0 Å². The predicted octanol–water partition coefficient (Wildman–Crippen LogP) is 4.37. The van der Waals surface area contributed by atoms with Crippen LogP contribution in [0.25, 0.3) is 0 Å². The normalized spacial score (nSPS) is 12.4. The van der Waals surface area contributed by atoms with Gasteiger partial charge < -0.3 is 9.73 Å². The van der Waals surface area contributed by atoms with Crippen LogP contribution in [0.4, 0.5) is 5.69 Å². The topological polar surface area (TPSA) is 38.1 Å². The maximum absolute atomic E-state index is 5.48. The van der Waals surface area contributed by atoms with Crippen LogP contribution in [0, 0.1) is 0 Å². The number of halogens is 2. The zero-order chi connectivity index (χ0) is 11.5. The Bertz CT molecular complexity index is 484. The van der Waals surface area contributed by atoms with Crippen LogP contribution in [0.5, 0.6) is 0 Å². The molecule has 0 aromatic carbocycles. The average molecular weight is 346 g/mol. The van der Waals surface area contributed by atoms with Gasteiger partial charge in [0.05, 0.1) is 11.7 Å². The highest BCUT2D eigenvalue weighted by Crippen LogP contribution is 2.26. The van der Waals surface area contributed by atoms with E-state index in [2.05, 4.69) is 42.2 Å². The fraction of sp³-hybridized carbons (Fsp3) is 0.182. The summed E-state index contributed by atoms with van der Waals surface area (Å²) >= 11 is 6.67. The van der Waals surface area contributed by atoms with Gasteiger partial charge in [0.15, 0.2) is 4.67 Å². The fourth-order valence-electron chi connectivity index (χ4n) is 1.36. The summed E-state index contributed by atoms with van der Waals surface area (Å²) in [7, 11) is 0. The first-order valence-corrected chi connectivity index (χ1v) is 6.37. The van der Waals surface area contributed by atoms with Crippen molar-refractivity contribution in [3.8, 4) is 0 Å². The first-order chi connectivity index (χ1) is 7.66. The lowest BCUT2D eigenvalue weighted by molar-refractivity contribution is 0.471. The van der Waals surface area contributed by atoms with Gasteiger partial charge >= 0.3 is 0 Å². The highest BCUT2D eigenvalue weighted by molar-refractivity contribution is 9.10. The molecule has 1 N–H and O–H groups in total. The molecule has 5 heteroatoms. The smallest absolute Gasteiger partial charge is 0.169 e. The van der Waals surface area contributed by atoms with E-state index in [0.29, 0.717) is 0 Å². The standard InChI is InChI=1S/C11H10Br2N2O/c1-7(9-4-5-10(12)16-9)15-8-3-2-6-14-11(8)13/h2-7,15H,1H3. The van der Waals surface area contributed by atoms with Crippen molar-refractivity contribution in [3.63, 3.8) is 0 Å². The number of furan rings is 1. The molecule has 2 aromatic rings. The number of pyridine rings is 1. The number of anilines is 1. The fourth-order valence-corrected chi connectivity index (χ4v) is 2.04. The van der Waals surface area contributed by atoms with E-state index in [9.17, 15) is 0 Å². The summed E-state index contributed by atoms with van der Waals surface area (Å²) < 4.78 is 7.01. The van der Waals surface area contributed by atoms with Gasteiger partial charge in [0.25, 0.3) is 0 Å². The maximum atomic E-state index is 5.48. The lowest BCUT2D eigenvalue weighted by Gasteiger charge is -2.13. The third-order valence-electron chi connectivity index (χ3n) is 2.15. The summed E-state index contributed by atoms with van der Waals surface area (Å²) in [5, 5.41) is 3.32. The van der Waals surface area contributed by atoms with Gasteiger partial charge in [-0.2, -0.15) is 0 Å². The van der Waals surface area contributed by atoms with E-state index in [-0.39, 0.29) is 6.04 Å². The minimum absolute atomic E-state index is 0.0896. The van der Waals surface area contributed by atoms with Crippen molar-refractivity contribution >= 4 is 37.5 Å². The van der Waals surface area contributed by atoms with E-state index in [1.807, 2.05) is 31.2 Å². The molecule has 84 valence electrons. The Balaban J connectivity index is 2.13. The molecule has 0 bridgehead atoms. The highest BCUT2D eigenvalue weighted by Gasteiger charge is 2.11. The number of hydrogen-bond donors (Lipinski definition) is 1. The highest BCUT2D eigenvalue weighted by atomic mass is 79.9. The lowest BCUT2D eigenvalue weighted by atomic mass is 10.2. The van der Waals surface area contributed by atoms with E-state index in [0.717, 1.165) is 20.7 Å². The van der Waals surface area contributed by atoms with Crippen LogP contribution in [-0.2, 0) is 0 Å². The Hall–Kier alpha value is -0.810. The monoisotopic (exact) mass is 344 g/mol. The van der Waals surface area contributed by atoms with Crippen molar-refractivity contribution in [3.05, 3.63) is 45.5 Å². The van der Waals surface area contributed by atoms with Gasteiger partial charge in [-0.15, -0.1) is 0 Å². The summed E-state index contributed by atoms with van der Waals surface area (Å²) in [6.07, 6.45) is 1.74. The molecule has 0 radical (unpaired) electrons. The minimum atomic E-state index is 0.0896. The van der Waals surface area contributed by atoms with Crippen molar-refractivity contribution < 1.29 is 4.42 Å². The lowest BCUT2D eigenvalue weighted by Crippen LogP contribution is -2.06. The molecule has 0 aliphatic rings. The second kappa shape index (κ2) is 5.01. The van der Waals surface area contributed by atoms with Crippen molar-refractivity contribution in [2.45, 2.75) is 13.0 Å². The van der Waals surface area contributed by atoms with Crippen LogP contribution >= 0.6 is 31.9 Å². The molecule has 3 nitrogen and oxygen atoms in total. The predicted molar refractivity (Wildman–Crippen MR) is 70.4 cm³/mol. The van der Waals surface area contributed by atoms with E-state index in [1.54, 1.807) is 6.20 Å². The second-order valence-corrected chi connectivity index (χ2v) is 4.88. The van der Waals surface area contributed by atoms with Crippen molar-refractivity contribution in [1.82, 2.24) is 4.98 Å². The maximum Gasteiger partial charge on any atom is 0.169 e. The molecule has 1 atom stereocenters. The summed E-state index contributed by atoms with van der Waals surface area (Å²) in [6, 6.07) is 7.76. The van der Waals surface area contributed by atoms with E-state index in [4.69, 9.17) is 4.42 Å². The second-order valence-electron chi connectivity index (χ2n) is 3.35. The Morgan fingerprint density at radius 1 is 1.31 bits per heavy atom. The summed E-state index contributed by atoms with van der Waals surface area (Å²) in [4.78, 5) is 4.15. The number of hydrogen-bond acceptors (Lipinski definition) is 3. The number of aromatic nitrogens is 1. The van der Waals surface area contributed by atoms with Crippen LogP contribution < -0.4 is 5.32 Å². The Kier molecular flexibility index (Phi) is 3.66. The Morgan fingerprint density at radius 3 is 2.75 bits per heavy atom. The first-order valence-electron chi connectivity index (χ1n) is 4.79. The zero-order valence-electron chi connectivity index (χ0n) is 8.58. The quantitative estimate of drug-likeness (QED) is 0.839. The number of rotatable bonds is 3. The molecule has 2 heterocycles. The molecule has 2 aromatic heterocycles. The number of nitrogens with one attached hydrogen (secondary N) is 1. The molecule has 0 amide bonds. The van der Waals surface area contributed by atoms with Gasteiger partial charge in [0, 0.05) is 6.20 Å². The minimum Gasteiger partial charge on any atom is -0.452 e. The molecule has 0 aliphatic carbocycles. The van der Waals surface area contributed by atoms with Gasteiger partial charge in [-0.05, 0) is 63.0 Å². The first kappa shape index (κ1) is 11.7. The molecule has 2 rings (SSSR count). The van der Waals surface area contributed by atoms with Crippen LogP contribution in [0.3, 0.4) is 0 Å². The molecule has 1 unspecified atom stereocenters. The Morgan fingerprint density at radius 2 is 2.12 bits per heavy atom. The summed E-state index contributed by atoms with van der Waals surface area (Å²) in [5.41, 5.74) is 0.947. The van der Waals surface area contributed by atoms with Crippen LogP contribution in [0.1, 0.15) is 18.7 Å². The van der Waals surface area contributed by atoms with Gasteiger partial charge in [-0.25, -0.2) is 4.98 Å². The van der Waals surface area contributed by atoms with Gasteiger partial charge in [-0.1, -0.05) is 0 Å². The average Bonchev–Trinajstić information content (AvgIpc) is 2.68. The Labute approximate surface area is 111 Å². The van der Waals surface area contributed by atoms with Crippen molar-refractivity contribution in [1.29, 1.82) is 0 Å². The van der Waals surface area contributed by atoms with Crippen LogP contribution in [0.2, 0.25) is 0 Å². The molecular weight excluding hydrogens is 336 g/mol. The molecule has 0 fully saturated rings. The number of nitrogens with zero attached hydrogens (tertiary/aromatic N) is 1. The molecule has 16 heavy (non-hydrogen) atoms. The van der Waals surface area contributed by atoms with Crippen molar-refractivity contribution in [2.24, 2.45) is 0 Å². The van der Waals surface area contributed by atoms with Gasteiger partial charge in [0.2, 0.25) is 0 Å². The molecule has 0 spiro atoms. The third kappa shape index (κ3) is 2.65. The van der Waals surface area contributed by atoms with Gasteiger partial charge in [-0.3, -0.25) is 0 Å². The van der Waals surface area contributed by atoms with E-state index in [1.165, 1.54) is 0 Å². The SMILES string of the molecule is CC(Nc1cccnc1Br)c1ccc(Br)o1. The van der Waals surface area contributed by atoms with Crippen LogP contribution in [-0.4, -0.2) is 4.98 Å². The van der Waals surface area contributed by atoms with E-state index < -0.39 is 0 Å². The molecule has 0 aliphatic heterocycles. The molecule has 0 saturated carbocycles. The van der Waals surface area contributed by atoms with Gasteiger partial charge in [0.1, 0.15) is 10.4 Å². The largest absolute Gasteiger partial charge is 0.452 e. The zero-order valence-corrected chi connectivity index (χ0v) is 11.7. The third-order valence-corrected chi connectivity index (χ3v) is 3.21. The molecular formula is C11H10Br2N2O. The summed E-state index contributed by atoms with van der Waals surface area (Å²) in [5.74, 6) is 0.877. The van der Waals surface area contributed by atoms with Crippen molar-refractivity contribution in [2.75, 3.05) is 5.32 Å². The molecule has 0 saturated heterocycles. The summed E-state index contributed by atoms with van der Waals surface area (Å²) in [6.45, 7) is 2.03. The van der Waals surface area contributed by atoms with Crippen LogP contribution in [0.15, 0.2) is 44.2 Å².